The second-order valence-electron chi connectivity index (χ2n) is 5.84. The maximum Gasteiger partial charge on any atom is 0.407 e. The molecule has 2 atom stereocenters. The van der Waals surface area contributed by atoms with Crippen LogP contribution in [0.15, 0.2) is 48.5 Å². The minimum Gasteiger partial charge on any atom is -0.508 e. The van der Waals surface area contributed by atoms with Gasteiger partial charge in [-0.2, -0.15) is 0 Å². The molecule has 0 saturated carbocycles. The zero-order valence-electron chi connectivity index (χ0n) is 14.1. The molecule has 0 aliphatic carbocycles. The second-order valence-corrected chi connectivity index (χ2v) is 5.84. The fourth-order valence-electron chi connectivity index (χ4n) is 2.29. The molecular formula is C19H23NO5. The third-order valence-corrected chi connectivity index (χ3v) is 3.86. The van der Waals surface area contributed by atoms with Crippen LogP contribution in [-0.2, 0) is 11.3 Å². The number of carbonyl (C=O) groups is 1. The predicted molar refractivity (Wildman–Crippen MR) is 93.1 cm³/mol. The monoisotopic (exact) mass is 345 g/mol. The second kappa shape index (κ2) is 9.05. The van der Waals surface area contributed by atoms with Gasteiger partial charge in [-0.05, 0) is 36.1 Å². The number of alkyl carbamates (subject to hydrolysis) is 1. The van der Waals surface area contributed by atoms with Crippen LogP contribution in [0.4, 0.5) is 4.79 Å². The average molecular weight is 345 g/mol. The van der Waals surface area contributed by atoms with E-state index in [0.717, 1.165) is 5.56 Å². The highest BCUT2D eigenvalue weighted by molar-refractivity contribution is 5.67. The number of carbonyl (C=O) groups excluding carboxylic acids is 1. The number of hydrogen-bond acceptors (Lipinski definition) is 5. The van der Waals surface area contributed by atoms with Crippen LogP contribution in [-0.4, -0.2) is 34.1 Å². The van der Waals surface area contributed by atoms with Crippen molar-refractivity contribution < 1.29 is 24.9 Å². The van der Waals surface area contributed by atoms with Gasteiger partial charge < -0.3 is 25.4 Å². The number of nitrogens with one attached hydrogen (secondary N) is 1. The summed E-state index contributed by atoms with van der Waals surface area (Å²) in [5.41, 5.74) is 1.99. The average Bonchev–Trinajstić information content (AvgIpc) is 2.62. The molecule has 2 aromatic carbocycles. The lowest BCUT2D eigenvalue weighted by Crippen LogP contribution is -2.29. The highest BCUT2D eigenvalue weighted by Crippen LogP contribution is 2.24. The van der Waals surface area contributed by atoms with E-state index in [9.17, 15) is 20.1 Å². The van der Waals surface area contributed by atoms with Crippen molar-refractivity contribution in [2.24, 2.45) is 0 Å². The quantitative estimate of drug-likeness (QED) is 0.618. The van der Waals surface area contributed by atoms with Gasteiger partial charge in [0.25, 0.3) is 0 Å². The number of amides is 1. The molecule has 2 unspecified atom stereocenters. The fraction of sp³-hybridized carbons (Fsp3) is 0.316. The van der Waals surface area contributed by atoms with Gasteiger partial charge in [0.15, 0.2) is 0 Å². The molecule has 25 heavy (non-hydrogen) atoms. The van der Waals surface area contributed by atoms with Crippen LogP contribution in [0.2, 0.25) is 0 Å². The van der Waals surface area contributed by atoms with Crippen molar-refractivity contribution in [2.45, 2.75) is 32.2 Å². The molecule has 0 aromatic heterocycles. The Morgan fingerprint density at radius 2 is 1.88 bits per heavy atom. The minimum absolute atomic E-state index is 0.0614. The van der Waals surface area contributed by atoms with E-state index in [2.05, 4.69) is 5.32 Å². The van der Waals surface area contributed by atoms with Gasteiger partial charge in [0.05, 0.1) is 6.10 Å². The summed E-state index contributed by atoms with van der Waals surface area (Å²) < 4.78 is 5.06. The Morgan fingerprint density at radius 1 is 1.16 bits per heavy atom. The molecule has 6 nitrogen and oxygen atoms in total. The number of aliphatic hydroxyl groups is 2. The summed E-state index contributed by atoms with van der Waals surface area (Å²) in [5, 5.41) is 32.3. The third-order valence-electron chi connectivity index (χ3n) is 3.86. The molecular weight excluding hydrogens is 322 g/mol. The largest absolute Gasteiger partial charge is 0.508 e. The molecule has 0 aliphatic heterocycles. The van der Waals surface area contributed by atoms with Gasteiger partial charge in [0, 0.05) is 6.54 Å². The summed E-state index contributed by atoms with van der Waals surface area (Å²) in [5.74, 6) is 0.0614. The van der Waals surface area contributed by atoms with Crippen LogP contribution in [0.1, 0.15) is 29.2 Å². The lowest BCUT2D eigenvalue weighted by atomic mass is 10.0. The Hall–Kier alpha value is -2.57. The van der Waals surface area contributed by atoms with Crippen molar-refractivity contribution in [3.05, 3.63) is 65.2 Å². The maximum atomic E-state index is 11.6. The maximum absolute atomic E-state index is 11.6. The number of aliphatic hydroxyl groups excluding tert-OH is 2. The molecule has 4 N–H and O–H groups in total. The molecule has 0 aliphatic rings. The number of phenols is 1. The lowest BCUT2D eigenvalue weighted by Gasteiger charge is -2.19. The summed E-state index contributed by atoms with van der Waals surface area (Å²) in [6.07, 6.45) is -2.65. The van der Waals surface area contributed by atoms with Crippen molar-refractivity contribution in [3.63, 3.8) is 0 Å². The minimum atomic E-state index is -1.14. The van der Waals surface area contributed by atoms with Crippen LogP contribution >= 0.6 is 0 Å². The van der Waals surface area contributed by atoms with Crippen LogP contribution in [0.3, 0.4) is 0 Å². The summed E-state index contributed by atoms with van der Waals surface area (Å²) in [7, 11) is 0. The molecule has 0 heterocycles. The van der Waals surface area contributed by atoms with Gasteiger partial charge in [0.2, 0.25) is 0 Å². The number of aryl methyl sites for hydroxylation is 1. The molecule has 1 amide bonds. The Morgan fingerprint density at radius 3 is 2.56 bits per heavy atom. The van der Waals surface area contributed by atoms with E-state index < -0.39 is 18.3 Å². The van der Waals surface area contributed by atoms with E-state index in [1.54, 1.807) is 19.1 Å². The lowest BCUT2D eigenvalue weighted by molar-refractivity contribution is 0.0135. The normalized spacial score (nSPS) is 13.1. The van der Waals surface area contributed by atoms with Crippen molar-refractivity contribution in [1.82, 2.24) is 5.32 Å². The van der Waals surface area contributed by atoms with E-state index in [-0.39, 0.29) is 25.3 Å². The number of hydrogen-bond donors (Lipinski definition) is 4. The smallest absolute Gasteiger partial charge is 0.407 e. The first kappa shape index (κ1) is 18.8. The van der Waals surface area contributed by atoms with Crippen LogP contribution in [0.5, 0.6) is 5.75 Å². The van der Waals surface area contributed by atoms with Gasteiger partial charge in [-0.25, -0.2) is 4.79 Å². The van der Waals surface area contributed by atoms with Crippen LogP contribution in [0.25, 0.3) is 0 Å². The first-order valence-electron chi connectivity index (χ1n) is 8.07. The Balaban J connectivity index is 1.72. The first-order chi connectivity index (χ1) is 12.0. The summed E-state index contributed by atoms with van der Waals surface area (Å²) in [6.45, 7) is 2.07. The standard InChI is InChI=1S/C19H23NO5/c1-13-7-8-15(11-17(13)22)18(23)16(21)9-10-20-19(24)25-12-14-5-3-2-4-6-14/h2-8,11,16,18,21-23H,9-10,12H2,1H3,(H,20,24). The van der Waals surface area contributed by atoms with Crippen molar-refractivity contribution in [1.29, 1.82) is 0 Å². The zero-order valence-corrected chi connectivity index (χ0v) is 14.1. The van der Waals surface area contributed by atoms with Crippen molar-refractivity contribution in [3.8, 4) is 5.75 Å². The SMILES string of the molecule is Cc1ccc(C(O)C(O)CCNC(=O)OCc2ccccc2)cc1O. The Labute approximate surface area is 146 Å². The fourth-order valence-corrected chi connectivity index (χ4v) is 2.29. The van der Waals surface area contributed by atoms with E-state index in [1.807, 2.05) is 30.3 Å². The van der Waals surface area contributed by atoms with Gasteiger partial charge in [-0.1, -0.05) is 42.5 Å². The number of phenolic OH excluding ortho intramolecular Hbond substituents is 1. The highest BCUT2D eigenvalue weighted by atomic mass is 16.5. The molecule has 0 bridgehead atoms. The van der Waals surface area contributed by atoms with Crippen molar-refractivity contribution in [2.75, 3.05) is 6.54 Å². The summed E-state index contributed by atoms with van der Waals surface area (Å²) >= 11 is 0. The Bertz CT molecular complexity index is 689. The van der Waals surface area contributed by atoms with Gasteiger partial charge in [-0.3, -0.25) is 0 Å². The highest BCUT2D eigenvalue weighted by Gasteiger charge is 2.19. The van der Waals surface area contributed by atoms with Crippen LogP contribution in [0, 0.1) is 6.92 Å². The molecule has 0 fully saturated rings. The molecule has 0 radical (unpaired) electrons. The van der Waals surface area contributed by atoms with Crippen LogP contribution < -0.4 is 5.32 Å². The molecule has 2 aromatic rings. The molecule has 134 valence electrons. The molecule has 0 saturated heterocycles. The molecule has 2 rings (SSSR count). The molecule has 6 heteroatoms. The first-order valence-corrected chi connectivity index (χ1v) is 8.07. The predicted octanol–water partition coefficient (Wildman–Crippen LogP) is 2.41. The Kier molecular flexibility index (Phi) is 6.80. The molecule has 0 spiro atoms. The van der Waals surface area contributed by atoms with E-state index >= 15 is 0 Å². The number of rotatable bonds is 7. The van der Waals surface area contributed by atoms with Gasteiger partial charge in [-0.15, -0.1) is 0 Å². The van der Waals surface area contributed by atoms with Gasteiger partial charge >= 0.3 is 6.09 Å². The number of benzene rings is 2. The number of ether oxygens (including phenoxy) is 1. The number of aromatic hydroxyl groups is 1. The zero-order chi connectivity index (χ0) is 18.2. The summed E-state index contributed by atoms with van der Waals surface area (Å²) in [6, 6.07) is 14.0. The van der Waals surface area contributed by atoms with E-state index in [4.69, 9.17) is 4.74 Å². The summed E-state index contributed by atoms with van der Waals surface area (Å²) in [4.78, 5) is 11.6. The van der Waals surface area contributed by atoms with E-state index in [0.29, 0.717) is 11.1 Å². The van der Waals surface area contributed by atoms with E-state index in [1.165, 1.54) is 6.07 Å². The third kappa shape index (κ3) is 5.77. The van der Waals surface area contributed by atoms with Crippen molar-refractivity contribution >= 4 is 6.09 Å². The topological polar surface area (TPSA) is 99.0 Å². The van der Waals surface area contributed by atoms with Gasteiger partial charge in [0.1, 0.15) is 18.5 Å².